The van der Waals surface area contributed by atoms with Crippen molar-refractivity contribution in [1.82, 2.24) is 9.88 Å². The average molecular weight is 363 g/mol. The van der Waals surface area contributed by atoms with E-state index in [1.165, 1.54) is 16.6 Å². The Morgan fingerprint density at radius 2 is 2.00 bits per heavy atom. The second-order valence-electron chi connectivity index (χ2n) is 6.96. The van der Waals surface area contributed by atoms with Crippen LogP contribution in [0.2, 0.25) is 0 Å². The summed E-state index contributed by atoms with van der Waals surface area (Å²) in [5.74, 6) is 0.836. The van der Waals surface area contributed by atoms with Gasteiger partial charge in [0.05, 0.1) is 6.61 Å². The van der Waals surface area contributed by atoms with E-state index in [1.54, 1.807) is 0 Å². The van der Waals surface area contributed by atoms with Crippen molar-refractivity contribution >= 4 is 22.6 Å². The number of amides is 2. The molecular formula is C22H25N3O2. The highest BCUT2D eigenvalue weighted by Gasteiger charge is 2.23. The quantitative estimate of drug-likeness (QED) is 0.631. The Labute approximate surface area is 159 Å². The summed E-state index contributed by atoms with van der Waals surface area (Å²) >= 11 is 0. The van der Waals surface area contributed by atoms with Crippen LogP contribution >= 0.6 is 0 Å². The van der Waals surface area contributed by atoms with Crippen molar-refractivity contribution in [1.29, 1.82) is 0 Å². The molecule has 0 aliphatic carbocycles. The molecule has 0 saturated heterocycles. The molecule has 140 valence electrons. The van der Waals surface area contributed by atoms with E-state index in [0.29, 0.717) is 13.1 Å². The number of rotatable bonds is 5. The van der Waals surface area contributed by atoms with E-state index in [4.69, 9.17) is 4.74 Å². The molecule has 2 heterocycles. The number of unbranched alkanes of at least 4 members (excludes halogenated alkanes) is 1. The first-order valence-corrected chi connectivity index (χ1v) is 9.62. The fraction of sp³-hybridized carbons (Fsp3) is 0.318. The van der Waals surface area contributed by atoms with Gasteiger partial charge in [-0.05, 0) is 36.8 Å². The number of fused-ring (bicyclic) bond motifs is 3. The zero-order valence-electron chi connectivity index (χ0n) is 15.6. The van der Waals surface area contributed by atoms with Crippen molar-refractivity contribution < 1.29 is 9.53 Å². The maximum Gasteiger partial charge on any atom is 0.322 e. The standard InChI is InChI=1S/C22H25N3O2/c1-2-3-14-27-17-10-8-16(9-11-17)23-22(26)25-13-12-21-19(15-25)18-6-4-5-7-20(18)24-21/h4-11,24H,2-3,12-15H2,1H3,(H,23,26). The Morgan fingerprint density at radius 1 is 1.19 bits per heavy atom. The lowest BCUT2D eigenvalue weighted by Crippen LogP contribution is -2.38. The Balaban J connectivity index is 1.40. The molecule has 0 saturated carbocycles. The number of carbonyl (C=O) groups excluding carboxylic acids is 1. The van der Waals surface area contributed by atoms with Crippen LogP contribution < -0.4 is 10.1 Å². The maximum absolute atomic E-state index is 12.7. The van der Waals surface area contributed by atoms with Crippen LogP contribution in [-0.4, -0.2) is 29.1 Å². The third-order valence-electron chi connectivity index (χ3n) is 5.04. The fourth-order valence-electron chi connectivity index (χ4n) is 3.51. The van der Waals surface area contributed by atoms with Crippen molar-refractivity contribution in [3.8, 4) is 5.75 Å². The number of H-pyrrole nitrogens is 1. The number of hydrogen-bond donors (Lipinski definition) is 2. The van der Waals surface area contributed by atoms with Gasteiger partial charge in [0, 0.05) is 47.4 Å². The minimum absolute atomic E-state index is 0.0643. The molecule has 1 aromatic heterocycles. The summed E-state index contributed by atoms with van der Waals surface area (Å²) in [7, 11) is 0. The molecule has 0 radical (unpaired) electrons. The van der Waals surface area contributed by atoms with Gasteiger partial charge in [-0.15, -0.1) is 0 Å². The van der Waals surface area contributed by atoms with Crippen LogP contribution in [0.1, 0.15) is 31.0 Å². The van der Waals surface area contributed by atoms with Gasteiger partial charge < -0.3 is 19.9 Å². The van der Waals surface area contributed by atoms with Gasteiger partial charge in [0.2, 0.25) is 0 Å². The lowest BCUT2D eigenvalue weighted by Gasteiger charge is -2.27. The minimum Gasteiger partial charge on any atom is -0.494 e. The van der Waals surface area contributed by atoms with Crippen LogP contribution in [0.25, 0.3) is 10.9 Å². The zero-order chi connectivity index (χ0) is 18.6. The van der Waals surface area contributed by atoms with E-state index in [2.05, 4.69) is 29.4 Å². The number of aromatic amines is 1. The Bertz CT molecular complexity index is 930. The van der Waals surface area contributed by atoms with E-state index in [0.717, 1.165) is 42.8 Å². The molecule has 0 bridgehead atoms. The van der Waals surface area contributed by atoms with Gasteiger partial charge in [-0.2, -0.15) is 0 Å². The SMILES string of the molecule is CCCCOc1ccc(NC(=O)N2CCc3[nH]c4ccccc4c3C2)cc1. The molecule has 3 aromatic rings. The third kappa shape index (κ3) is 3.77. The molecule has 2 N–H and O–H groups in total. The summed E-state index contributed by atoms with van der Waals surface area (Å²) in [6.07, 6.45) is 3.01. The normalized spacial score (nSPS) is 13.4. The third-order valence-corrected chi connectivity index (χ3v) is 5.04. The molecule has 5 heteroatoms. The Hall–Kier alpha value is -2.95. The summed E-state index contributed by atoms with van der Waals surface area (Å²) in [6.45, 7) is 4.21. The lowest BCUT2D eigenvalue weighted by molar-refractivity contribution is 0.206. The zero-order valence-corrected chi connectivity index (χ0v) is 15.6. The first-order valence-electron chi connectivity index (χ1n) is 9.62. The molecule has 1 aliphatic heterocycles. The molecule has 0 fully saturated rings. The Morgan fingerprint density at radius 3 is 2.81 bits per heavy atom. The van der Waals surface area contributed by atoms with Crippen molar-refractivity contribution in [3.05, 3.63) is 59.8 Å². The molecule has 5 nitrogen and oxygen atoms in total. The molecule has 2 amide bonds. The molecule has 0 unspecified atom stereocenters. The van der Waals surface area contributed by atoms with Gasteiger partial charge in [-0.25, -0.2) is 4.79 Å². The second-order valence-corrected chi connectivity index (χ2v) is 6.96. The fourth-order valence-corrected chi connectivity index (χ4v) is 3.51. The van der Waals surface area contributed by atoms with Crippen molar-refractivity contribution in [2.75, 3.05) is 18.5 Å². The number of para-hydroxylation sites is 1. The van der Waals surface area contributed by atoms with Gasteiger partial charge >= 0.3 is 6.03 Å². The van der Waals surface area contributed by atoms with E-state index in [-0.39, 0.29) is 6.03 Å². The van der Waals surface area contributed by atoms with E-state index >= 15 is 0 Å². The number of carbonyl (C=O) groups is 1. The predicted molar refractivity (Wildman–Crippen MR) is 108 cm³/mol. The van der Waals surface area contributed by atoms with Crippen LogP contribution in [0.5, 0.6) is 5.75 Å². The highest BCUT2D eigenvalue weighted by atomic mass is 16.5. The first kappa shape index (κ1) is 17.5. The predicted octanol–water partition coefficient (Wildman–Crippen LogP) is 4.94. The van der Waals surface area contributed by atoms with Crippen molar-refractivity contribution in [3.63, 3.8) is 0 Å². The molecule has 0 spiro atoms. The molecule has 27 heavy (non-hydrogen) atoms. The van der Waals surface area contributed by atoms with E-state index < -0.39 is 0 Å². The highest BCUT2D eigenvalue weighted by Crippen LogP contribution is 2.28. The summed E-state index contributed by atoms with van der Waals surface area (Å²) in [6, 6.07) is 15.8. The first-order chi connectivity index (χ1) is 13.2. The lowest BCUT2D eigenvalue weighted by atomic mass is 10.0. The number of urea groups is 1. The number of aromatic nitrogens is 1. The summed E-state index contributed by atoms with van der Waals surface area (Å²) in [4.78, 5) is 18.1. The molecule has 0 atom stereocenters. The largest absolute Gasteiger partial charge is 0.494 e. The van der Waals surface area contributed by atoms with E-state index in [9.17, 15) is 4.79 Å². The van der Waals surface area contributed by atoms with Crippen molar-refractivity contribution in [2.45, 2.75) is 32.7 Å². The molecule has 2 aromatic carbocycles. The Kier molecular flexibility index (Phi) is 5.01. The second kappa shape index (κ2) is 7.74. The smallest absolute Gasteiger partial charge is 0.322 e. The number of nitrogens with zero attached hydrogens (tertiary/aromatic N) is 1. The van der Waals surface area contributed by atoms with Gasteiger partial charge in [0.1, 0.15) is 5.75 Å². The number of hydrogen-bond acceptors (Lipinski definition) is 2. The van der Waals surface area contributed by atoms with E-state index in [1.807, 2.05) is 41.3 Å². The van der Waals surface area contributed by atoms with Gasteiger partial charge in [0.15, 0.2) is 0 Å². The molecular weight excluding hydrogens is 338 g/mol. The maximum atomic E-state index is 12.7. The number of anilines is 1. The van der Waals surface area contributed by atoms with Gasteiger partial charge in [-0.1, -0.05) is 31.5 Å². The van der Waals surface area contributed by atoms with Crippen LogP contribution in [0, 0.1) is 0 Å². The monoisotopic (exact) mass is 363 g/mol. The summed E-state index contributed by atoms with van der Waals surface area (Å²) in [5.41, 5.74) is 4.40. The van der Waals surface area contributed by atoms with Crippen LogP contribution in [-0.2, 0) is 13.0 Å². The minimum atomic E-state index is -0.0643. The van der Waals surface area contributed by atoms with Gasteiger partial charge in [0.25, 0.3) is 0 Å². The average Bonchev–Trinajstić information content (AvgIpc) is 3.07. The highest BCUT2D eigenvalue weighted by molar-refractivity contribution is 5.91. The summed E-state index contributed by atoms with van der Waals surface area (Å²) in [5, 5.41) is 4.21. The van der Waals surface area contributed by atoms with Crippen LogP contribution in [0.4, 0.5) is 10.5 Å². The van der Waals surface area contributed by atoms with Gasteiger partial charge in [-0.3, -0.25) is 0 Å². The molecule has 4 rings (SSSR count). The van der Waals surface area contributed by atoms with Crippen LogP contribution in [0.3, 0.4) is 0 Å². The number of benzene rings is 2. The summed E-state index contributed by atoms with van der Waals surface area (Å²) < 4.78 is 5.67. The van der Waals surface area contributed by atoms with Crippen LogP contribution in [0.15, 0.2) is 48.5 Å². The number of nitrogens with one attached hydrogen (secondary N) is 2. The molecule has 1 aliphatic rings. The van der Waals surface area contributed by atoms with Crippen molar-refractivity contribution in [2.24, 2.45) is 0 Å². The number of ether oxygens (including phenoxy) is 1. The topological polar surface area (TPSA) is 57.4 Å².